The molecule has 0 radical (unpaired) electrons. The second-order valence-electron chi connectivity index (χ2n) is 5.40. The molecule has 1 aliphatic rings. The minimum atomic E-state index is -10.7. The Morgan fingerprint density at radius 3 is 1.23 bits per heavy atom. The van der Waals surface area contributed by atoms with Gasteiger partial charge in [0.1, 0.15) is 0 Å². The van der Waals surface area contributed by atoms with Crippen LogP contribution >= 0.6 is 7.81 Å². The van der Waals surface area contributed by atoms with Crippen molar-refractivity contribution in [2.24, 2.45) is 0 Å². The van der Waals surface area contributed by atoms with Gasteiger partial charge in [-0.3, -0.25) is 0 Å². The van der Waals surface area contributed by atoms with E-state index in [4.69, 9.17) is 0 Å². The molecule has 0 unspecified atom stereocenters. The molecule has 0 fully saturated rings. The van der Waals surface area contributed by atoms with E-state index in [1.54, 1.807) is 20.1 Å². The number of benzene rings is 1. The van der Waals surface area contributed by atoms with Crippen LogP contribution in [0, 0.1) is 0 Å². The molecule has 0 spiro atoms. The first kappa shape index (κ1) is 20.8. The average Bonchev–Trinajstić information content (AvgIpc) is 2.70. The quantitative estimate of drug-likeness (QED) is 0.293. The van der Waals surface area contributed by atoms with Gasteiger partial charge in [-0.15, -0.1) is 0 Å². The van der Waals surface area contributed by atoms with Crippen molar-refractivity contribution in [3.05, 3.63) is 23.3 Å². The van der Waals surface area contributed by atoms with Crippen LogP contribution in [0.2, 0.25) is 0 Å². The normalized spacial score (nSPS) is 17.6. The second kappa shape index (κ2) is 6.26. The van der Waals surface area contributed by atoms with Crippen LogP contribution in [-0.2, 0) is 0 Å². The Morgan fingerprint density at radius 1 is 0.727 bits per heavy atom. The van der Waals surface area contributed by atoms with Gasteiger partial charge in [-0.05, 0) is 0 Å². The molecule has 22 heavy (non-hydrogen) atoms. The number of rotatable bonds is 2. The Balaban J connectivity index is 0.000000295. The van der Waals surface area contributed by atoms with E-state index in [2.05, 4.69) is 39.8 Å². The maximum atomic E-state index is 9.87. The zero-order chi connectivity index (χ0) is 17.4. The molecule has 0 saturated heterocycles. The number of halogens is 6. The molecule has 1 aliphatic heterocycles. The predicted molar refractivity (Wildman–Crippen MR) is 84.7 cm³/mol. The van der Waals surface area contributed by atoms with Crippen LogP contribution < -0.4 is 8.92 Å². The summed E-state index contributed by atoms with van der Waals surface area (Å²) < 4.78 is 62.8. The summed E-state index contributed by atoms with van der Waals surface area (Å²) in [6.07, 6.45) is 0. The molecule has 1 aromatic rings. The summed E-state index contributed by atoms with van der Waals surface area (Å²) in [5, 5.41) is 0. The summed E-state index contributed by atoms with van der Waals surface area (Å²) in [5.41, 5.74) is 3.30. The van der Waals surface area contributed by atoms with Crippen LogP contribution in [0.1, 0.15) is 50.7 Å². The fourth-order valence-corrected chi connectivity index (χ4v) is 23.7. The number of fused-ring (bicyclic) bond motifs is 1. The van der Waals surface area contributed by atoms with Gasteiger partial charge < -0.3 is 0 Å². The zero-order valence-electron chi connectivity index (χ0n) is 12.2. The molecule has 1 heterocycles. The molecule has 10 heteroatoms. The van der Waals surface area contributed by atoms with Crippen molar-refractivity contribution in [3.8, 4) is 0 Å². The van der Waals surface area contributed by atoms with Gasteiger partial charge in [0, 0.05) is 0 Å². The first-order valence-corrected chi connectivity index (χ1v) is 18.7. The van der Waals surface area contributed by atoms with E-state index in [-0.39, 0.29) is 0 Å². The Kier molecular flexibility index (Phi) is 5.93. The van der Waals surface area contributed by atoms with Gasteiger partial charge in [-0.1, -0.05) is 0 Å². The summed E-state index contributed by atoms with van der Waals surface area (Å²) in [5.74, 6) is 1.43. The van der Waals surface area contributed by atoms with Gasteiger partial charge in [0.15, 0.2) is 0 Å². The average molecular weight is 542 g/mol. The summed E-state index contributed by atoms with van der Waals surface area (Å²) in [7, 11) is -10.7. The van der Waals surface area contributed by atoms with Crippen molar-refractivity contribution in [1.82, 2.24) is 0 Å². The van der Waals surface area contributed by atoms with Gasteiger partial charge in [0.25, 0.3) is 0 Å². The van der Waals surface area contributed by atoms with Crippen LogP contribution in [-0.4, -0.2) is 37.6 Å². The Hall–Kier alpha value is 0.788. The van der Waals surface area contributed by atoms with E-state index < -0.39 is 7.81 Å². The zero-order valence-corrected chi connectivity index (χ0v) is 18.3. The van der Waals surface area contributed by atoms with Gasteiger partial charge in [0.2, 0.25) is 0 Å². The summed E-state index contributed by atoms with van der Waals surface area (Å²) in [4.78, 5) is 0. The molecular weight excluding hydrogens is 526 g/mol. The molecule has 0 aromatic heterocycles. The summed E-state index contributed by atoms with van der Waals surface area (Å²) >= 11 is 2.64. The van der Waals surface area contributed by atoms with Gasteiger partial charge in [-0.2, -0.15) is 0 Å². The first-order chi connectivity index (χ1) is 9.56. The van der Waals surface area contributed by atoms with Crippen LogP contribution in [0.4, 0.5) is 25.2 Å². The third-order valence-corrected chi connectivity index (χ3v) is 19.0. The topological polar surface area (TPSA) is 0 Å². The molecule has 0 atom stereocenters. The van der Waals surface area contributed by atoms with E-state index in [9.17, 15) is 25.2 Å². The molecule has 0 nitrogen and oxygen atoms in total. The van der Waals surface area contributed by atoms with Crippen LogP contribution in [0.15, 0.2) is 12.1 Å². The van der Waals surface area contributed by atoms with Crippen molar-refractivity contribution >= 4 is 54.3 Å². The molecule has 0 amide bonds. The van der Waals surface area contributed by atoms with E-state index in [0.717, 1.165) is 37.6 Å². The summed E-state index contributed by atoms with van der Waals surface area (Å²) in [6, 6.07) is 4.80. The van der Waals surface area contributed by atoms with Crippen LogP contribution in [0.25, 0.3) is 0 Å². The minimum absolute atomic E-state index is 0.714. The summed E-state index contributed by atoms with van der Waals surface area (Å²) in [6.45, 7) is 9.33. The predicted octanol–water partition coefficient (Wildman–Crippen LogP) is 4.52. The molecular formula is C12H16F6PSe3-. The fourth-order valence-electron chi connectivity index (χ4n) is 1.76. The maximum absolute atomic E-state index is 10.7. The van der Waals surface area contributed by atoms with Crippen molar-refractivity contribution in [3.63, 3.8) is 0 Å². The van der Waals surface area contributed by atoms with E-state index in [1.165, 1.54) is 0 Å². The molecule has 0 N–H and O–H groups in total. The van der Waals surface area contributed by atoms with Crippen molar-refractivity contribution < 1.29 is 25.2 Å². The SMILES string of the molecule is CC(C)c1ccc(C(C)C)c2c1[Se][Se][Se]2.F[P-](F)(F)(F)(F)F. The Bertz CT molecular complexity index is 507. The van der Waals surface area contributed by atoms with Crippen molar-refractivity contribution in [2.75, 3.05) is 0 Å². The third kappa shape index (κ3) is 8.06. The standard InChI is InChI=1S/C12H16Se3.F6P/c1-7(2)9-5-6-10(8(3)4)12-11(9)13-15-14-12;1-7(2,3,4,5)6/h5-8H,1-4H3;/q;-1. The monoisotopic (exact) mass is 545 g/mol. The van der Waals surface area contributed by atoms with Gasteiger partial charge in [-0.25, -0.2) is 0 Å². The fraction of sp³-hybridized carbons (Fsp3) is 0.500. The van der Waals surface area contributed by atoms with Gasteiger partial charge >= 0.3 is 142 Å². The van der Waals surface area contributed by atoms with E-state index >= 15 is 0 Å². The molecule has 0 aliphatic carbocycles. The number of hydrogen-bond donors (Lipinski definition) is 0. The molecule has 130 valence electrons. The Morgan fingerprint density at radius 2 is 1.00 bits per heavy atom. The molecule has 0 saturated carbocycles. The van der Waals surface area contributed by atoms with Crippen LogP contribution in [0.5, 0.6) is 0 Å². The Labute approximate surface area is 142 Å². The van der Waals surface area contributed by atoms with Crippen LogP contribution in [0.3, 0.4) is 0 Å². The second-order valence-corrected chi connectivity index (χ2v) is 22.8. The molecule has 1 aromatic carbocycles. The van der Waals surface area contributed by atoms with Crippen molar-refractivity contribution in [2.45, 2.75) is 39.5 Å². The van der Waals surface area contributed by atoms with E-state index in [0.29, 0.717) is 11.8 Å². The molecule has 2 rings (SSSR count). The molecule has 0 bridgehead atoms. The number of hydrogen-bond acceptors (Lipinski definition) is 0. The third-order valence-electron chi connectivity index (χ3n) is 2.65. The van der Waals surface area contributed by atoms with Gasteiger partial charge in [0.05, 0.1) is 0 Å². The van der Waals surface area contributed by atoms with Crippen molar-refractivity contribution in [1.29, 1.82) is 0 Å². The van der Waals surface area contributed by atoms with E-state index in [1.807, 2.05) is 0 Å². The first-order valence-electron chi connectivity index (χ1n) is 6.30.